The predicted molar refractivity (Wildman–Crippen MR) is 109 cm³/mol. The second-order valence-corrected chi connectivity index (χ2v) is 9.78. The van der Waals surface area contributed by atoms with Crippen molar-refractivity contribution in [3.63, 3.8) is 0 Å². The normalized spacial score (nSPS) is 18.6. The monoisotopic (exact) mass is 470 g/mol. The molecule has 1 N–H and O–H groups in total. The Morgan fingerprint density at radius 3 is 2.59 bits per heavy atom. The number of carbonyl (C=O) groups is 1. The zero-order chi connectivity index (χ0) is 23.3. The smallest absolute Gasteiger partial charge is 0.301 e. The fourth-order valence-electron chi connectivity index (χ4n) is 3.81. The first-order valence-corrected chi connectivity index (χ1v) is 11.6. The van der Waals surface area contributed by atoms with Crippen molar-refractivity contribution < 1.29 is 26.4 Å². The molecule has 1 amide bonds. The molecule has 1 saturated carbocycles. The molecule has 2 aromatic rings. The first-order valence-electron chi connectivity index (χ1n) is 10.1. The third-order valence-corrected chi connectivity index (χ3v) is 7.00. The third kappa shape index (κ3) is 4.42. The number of nitrogens with zero attached hydrogens (tertiary/aromatic N) is 3. The Morgan fingerprint density at radius 1 is 1.22 bits per heavy atom. The number of benzene rings is 1. The molecule has 0 spiro atoms. The van der Waals surface area contributed by atoms with E-state index in [-0.39, 0.29) is 35.7 Å². The topological polar surface area (TPSA) is 101 Å². The lowest BCUT2D eigenvalue weighted by atomic mass is 10.1. The Labute approximate surface area is 182 Å². The van der Waals surface area contributed by atoms with E-state index in [2.05, 4.69) is 9.82 Å². The molecule has 4 rings (SSSR count). The summed E-state index contributed by atoms with van der Waals surface area (Å²) in [5.41, 5.74) is 0.854. The summed E-state index contributed by atoms with van der Waals surface area (Å²) in [6.07, 6.45) is -2.89. The van der Waals surface area contributed by atoms with E-state index in [1.807, 2.05) is 0 Å². The van der Waals surface area contributed by atoms with E-state index in [0.29, 0.717) is 16.4 Å². The highest BCUT2D eigenvalue weighted by Gasteiger charge is 2.47. The number of halogens is 3. The fourth-order valence-corrected chi connectivity index (χ4v) is 4.88. The van der Waals surface area contributed by atoms with Gasteiger partial charge in [0.15, 0.2) is 0 Å². The molecular formula is C20H21F3N4O4S. The first-order chi connectivity index (χ1) is 15.0. The van der Waals surface area contributed by atoms with Gasteiger partial charge in [0.2, 0.25) is 10.0 Å². The molecule has 2 heterocycles. The molecule has 8 nitrogen and oxygen atoms in total. The predicted octanol–water partition coefficient (Wildman–Crippen LogP) is 1.94. The summed E-state index contributed by atoms with van der Waals surface area (Å²) in [4.78, 5) is 24.2. The maximum atomic E-state index is 12.9. The number of sulfonamides is 1. The maximum Gasteiger partial charge on any atom is 0.471 e. The van der Waals surface area contributed by atoms with E-state index >= 15 is 0 Å². The van der Waals surface area contributed by atoms with Crippen LogP contribution in [0.1, 0.15) is 36.9 Å². The minimum atomic E-state index is -5.02. The van der Waals surface area contributed by atoms with Gasteiger partial charge >= 0.3 is 12.1 Å². The third-order valence-electron chi connectivity index (χ3n) is 5.54. The van der Waals surface area contributed by atoms with Crippen molar-refractivity contribution in [1.29, 1.82) is 0 Å². The van der Waals surface area contributed by atoms with Gasteiger partial charge in [-0.25, -0.2) is 17.8 Å². The molecule has 1 aromatic carbocycles. The van der Waals surface area contributed by atoms with Crippen molar-refractivity contribution in [2.45, 2.75) is 55.8 Å². The molecule has 0 radical (unpaired) electrons. The first kappa shape index (κ1) is 22.5. The number of carbonyl (C=O) groups excluding carboxylic acids is 1. The number of alkyl halides is 3. The summed E-state index contributed by atoms with van der Waals surface area (Å²) in [6, 6.07) is 5.98. The van der Waals surface area contributed by atoms with Crippen LogP contribution < -0.4 is 15.2 Å². The number of aromatic nitrogens is 2. The lowest BCUT2D eigenvalue weighted by molar-refractivity contribution is -0.170. The number of anilines is 1. The van der Waals surface area contributed by atoms with Gasteiger partial charge in [-0.2, -0.15) is 18.3 Å². The van der Waals surface area contributed by atoms with Crippen molar-refractivity contribution in [1.82, 2.24) is 14.5 Å². The Bertz CT molecular complexity index is 1220. The SMILES string of the molecule is CC1Cc2cc(S(=O)(=O)NCCn3nc(C4CC4)ccc3=O)ccc2N1C(=O)C(F)(F)F. The van der Waals surface area contributed by atoms with Crippen LogP contribution in [0.25, 0.3) is 0 Å². The molecule has 1 atom stereocenters. The average Bonchev–Trinajstić information content (AvgIpc) is 3.50. The minimum Gasteiger partial charge on any atom is -0.301 e. The van der Waals surface area contributed by atoms with Crippen LogP contribution in [0.5, 0.6) is 0 Å². The molecule has 1 aromatic heterocycles. The Hall–Kier alpha value is -2.73. The summed E-state index contributed by atoms with van der Waals surface area (Å²) >= 11 is 0. The number of nitrogens with one attached hydrogen (secondary N) is 1. The molecule has 0 bridgehead atoms. The number of fused-ring (bicyclic) bond motifs is 1. The lowest BCUT2D eigenvalue weighted by Gasteiger charge is -2.23. The summed E-state index contributed by atoms with van der Waals surface area (Å²) in [7, 11) is -3.98. The largest absolute Gasteiger partial charge is 0.471 e. The van der Waals surface area contributed by atoms with Gasteiger partial charge in [-0.1, -0.05) is 0 Å². The van der Waals surface area contributed by atoms with E-state index in [0.717, 1.165) is 24.6 Å². The van der Waals surface area contributed by atoms with Crippen LogP contribution >= 0.6 is 0 Å². The van der Waals surface area contributed by atoms with E-state index in [9.17, 15) is 31.2 Å². The Balaban J connectivity index is 1.47. The molecule has 1 unspecified atom stereocenters. The molecule has 1 aliphatic carbocycles. The van der Waals surface area contributed by atoms with Crippen LogP contribution in [-0.2, 0) is 27.8 Å². The van der Waals surface area contributed by atoms with Gasteiger partial charge in [-0.05, 0) is 56.0 Å². The number of rotatable bonds is 6. The van der Waals surface area contributed by atoms with Crippen LogP contribution in [-0.4, -0.2) is 42.9 Å². The average molecular weight is 470 g/mol. The van der Waals surface area contributed by atoms with Crippen LogP contribution in [0.4, 0.5) is 18.9 Å². The molecule has 2 aliphatic rings. The summed E-state index contributed by atoms with van der Waals surface area (Å²) in [5, 5.41) is 4.27. The lowest BCUT2D eigenvalue weighted by Crippen LogP contribution is -2.44. The fraction of sp³-hybridized carbons (Fsp3) is 0.450. The Kier molecular flexibility index (Phi) is 5.61. The van der Waals surface area contributed by atoms with Gasteiger partial charge < -0.3 is 4.90 Å². The second kappa shape index (κ2) is 8.00. The van der Waals surface area contributed by atoms with Gasteiger partial charge in [-0.3, -0.25) is 9.59 Å². The van der Waals surface area contributed by atoms with Crippen molar-refractivity contribution >= 4 is 21.6 Å². The molecule has 1 aliphatic heterocycles. The van der Waals surface area contributed by atoms with Gasteiger partial charge in [-0.15, -0.1) is 0 Å². The Morgan fingerprint density at radius 2 is 1.94 bits per heavy atom. The van der Waals surface area contributed by atoms with E-state index in [1.165, 1.54) is 29.8 Å². The van der Waals surface area contributed by atoms with Crippen LogP contribution in [0.2, 0.25) is 0 Å². The van der Waals surface area contributed by atoms with Crippen LogP contribution in [0, 0.1) is 0 Å². The molecule has 0 saturated heterocycles. The molecular weight excluding hydrogens is 449 g/mol. The maximum absolute atomic E-state index is 12.9. The zero-order valence-electron chi connectivity index (χ0n) is 17.1. The van der Waals surface area contributed by atoms with Crippen molar-refractivity contribution in [2.75, 3.05) is 11.4 Å². The molecule has 12 heteroatoms. The van der Waals surface area contributed by atoms with Crippen LogP contribution in [0.15, 0.2) is 40.0 Å². The quantitative estimate of drug-likeness (QED) is 0.696. The van der Waals surface area contributed by atoms with Gasteiger partial charge in [0, 0.05) is 30.3 Å². The van der Waals surface area contributed by atoms with E-state index < -0.39 is 28.1 Å². The second-order valence-electron chi connectivity index (χ2n) is 8.01. The van der Waals surface area contributed by atoms with Gasteiger partial charge in [0.25, 0.3) is 5.56 Å². The van der Waals surface area contributed by atoms with Crippen molar-refractivity contribution in [2.24, 2.45) is 0 Å². The summed E-state index contributed by atoms with van der Waals surface area (Å²) in [6.45, 7) is 1.42. The molecule has 1 fully saturated rings. The highest BCUT2D eigenvalue weighted by molar-refractivity contribution is 7.89. The highest BCUT2D eigenvalue weighted by Crippen LogP contribution is 2.38. The van der Waals surface area contributed by atoms with Gasteiger partial charge in [0.1, 0.15) is 0 Å². The summed E-state index contributed by atoms with van der Waals surface area (Å²) < 4.78 is 67.6. The molecule has 172 valence electrons. The number of hydrogen-bond acceptors (Lipinski definition) is 5. The van der Waals surface area contributed by atoms with Crippen molar-refractivity contribution in [3.8, 4) is 0 Å². The molecule has 32 heavy (non-hydrogen) atoms. The van der Waals surface area contributed by atoms with Crippen molar-refractivity contribution in [3.05, 3.63) is 51.9 Å². The minimum absolute atomic E-state index is 0.0362. The van der Waals surface area contributed by atoms with Gasteiger partial charge in [0.05, 0.1) is 17.1 Å². The number of hydrogen-bond donors (Lipinski definition) is 1. The van der Waals surface area contributed by atoms with Crippen LogP contribution in [0.3, 0.4) is 0 Å². The zero-order valence-corrected chi connectivity index (χ0v) is 17.9. The number of amides is 1. The highest BCUT2D eigenvalue weighted by atomic mass is 32.2. The summed E-state index contributed by atoms with van der Waals surface area (Å²) in [5.74, 6) is -1.64. The van der Waals surface area contributed by atoms with E-state index in [1.54, 1.807) is 6.07 Å². The van der Waals surface area contributed by atoms with E-state index in [4.69, 9.17) is 0 Å². The standard InChI is InChI=1S/C20H21F3N4O4S/c1-12-10-14-11-15(4-6-17(14)27(12)19(29)20(21,22)23)32(30,31)24-8-9-26-18(28)7-5-16(25-26)13-2-3-13/h4-7,11-13,24H,2-3,8-10H2,1H3.